The number of amides is 6. The van der Waals surface area contributed by atoms with Crippen LogP contribution in [-0.2, 0) is 19.2 Å². The first-order valence-electron chi connectivity index (χ1n) is 22.6. The average Bonchev–Trinajstić information content (AvgIpc) is 3.70. The summed E-state index contributed by atoms with van der Waals surface area (Å²) in [5.41, 5.74) is 14.7. The summed E-state index contributed by atoms with van der Waals surface area (Å²) in [6, 6.07) is 9.63. The normalized spacial score (nSPS) is 20.4. The Labute approximate surface area is 383 Å². The molecule has 1 aromatic heterocycles. The number of halogens is 1. The van der Waals surface area contributed by atoms with Crippen LogP contribution in [0.4, 0.5) is 23.0 Å². The number of nitrogen functional groups attached to an aromatic ring is 1. The topological polar surface area (TPSA) is 235 Å². The molecular weight excluding hydrogens is 856 g/mol. The van der Waals surface area contributed by atoms with Crippen molar-refractivity contribution in [3.63, 3.8) is 0 Å². The van der Waals surface area contributed by atoms with E-state index in [1.165, 1.54) is 24.6 Å². The van der Waals surface area contributed by atoms with Gasteiger partial charge in [-0.05, 0) is 80.5 Å². The molecule has 18 heteroatoms. The third-order valence-electron chi connectivity index (χ3n) is 13.2. The Hall–Kier alpha value is -5.26. The summed E-state index contributed by atoms with van der Waals surface area (Å²) < 4.78 is 0. The molecule has 1 aliphatic carbocycles. The van der Waals surface area contributed by atoms with Crippen LogP contribution >= 0.6 is 23.4 Å². The lowest BCUT2D eigenvalue weighted by Crippen LogP contribution is -2.54. The maximum absolute atomic E-state index is 13.3. The van der Waals surface area contributed by atoms with Crippen molar-refractivity contribution in [1.82, 2.24) is 25.5 Å². The van der Waals surface area contributed by atoms with Crippen molar-refractivity contribution in [2.75, 3.05) is 47.4 Å². The summed E-state index contributed by atoms with van der Waals surface area (Å²) in [6.07, 6.45) is 13.2. The summed E-state index contributed by atoms with van der Waals surface area (Å²) in [4.78, 5) is 88.8. The van der Waals surface area contributed by atoms with Crippen LogP contribution in [0.3, 0.4) is 0 Å². The number of nitrogens with one attached hydrogen (secondary N) is 4. The Morgan fingerprint density at radius 3 is 2.28 bits per heavy atom. The first-order valence-corrected chi connectivity index (χ1v) is 23.8. The van der Waals surface area contributed by atoms with E-state index in [9.17, 15) is 28.8 Å². The minimum atomic E-state index is -0.998. The van der Waals surface area contributed by atoms with Crippen molar-refractivity contribution in [2.45, 2.75) is 125 Å². The molecule has 16 nitrogen and oxygen atoms in total. The van der Waals surface area contributed by atoms with E-state index in [0.717, 1.165) is 81.6 Å². The molecule has 3 atom stereocenters. The largest absolute Gasteiger partial charge is 0.384 e. The molecule has 6 amide bonds. The quantitative estimate of drug-likeness (QED) is 0.0574. The van der Waals surface area contributed by atoms with Gasteiger partial charge in [0, 0.05) is 62.1 Å². The number of hydrogen-bond donors (Lipinski definition) is 6. The van der Waals surface area contributed by atoms with Gasteiger partial charge in [-0.3, -0.25) is 39.0 Å². The van der Waals surface area contributed by atoms with E-state index in [4.69, 9.17) is 23.1 Å². The van der Waals surface area contributed by atoms with E-state index in [1.807, 2.05) is 6.07 Å². The number of carbonyl (C=O) groups excluding carboxylic acids is 6. The number of hydrogen-bond acceptors (Lipinski definition) is 13. The fourth-order valence-electron chi connectivity index (χ4n) is 9.41. The molecule has 4 aliphatic rings. The van der Waals surface area contributed by atoms with E-state index < -0.39 is 29.7 Å². The summed E-state index contributed by atoms with van der Waals surface area (Å²) in [5.74, 6) is -0.964. The zero-order valence-electron chi connectivity index (χ0n) is 36.4. The average molecular weight is 916 g/mol. The van der Waals surface area contributed by atoms with Gasteiger partial charge in [-0.1, -0.05) is 74.5 Å². The van der Waals surface area contributed by atoms with E-state index >= 15 is 0 Å². The number of nitrogens with zero attached hydrogens (tertiary/aromatic N) is 4. The molecule has 2 aromatic carbocycles. The number of benzene rings is 2. The van der Waals surface area contributed by atoms with Gasteiger partial charge < -0.3 is 32.3 Å². The van der Waals surface area contributed by atoms with Crippen LogP contribution in [0.15, 0.2) is 52.5 Å². The Bertz CT molecular complexity index is 2250. The maximum atomic E-state index is 13.3. The van der Waals surface area contributed by atoms with E-state index in [2.05, 4.69) is 43.1 Å². The standard InChI is InChI=1S/C46H59ClN10O6S/c1-28-19-20-46(40(28)48)21-25-56(26-22-46)34-27-52-43(41(49)54-34)64-33-14-10-13-31(39(33)47)53-36(59)18-17-35(58)51-24-8-6-4-2-3-5-7-23-50-30-12-9-11-29-38(30)45(63)57(44(29)62)32-15-16-37(60)55-42(32)61/h9-14,27-28,32,40,50H,2-8,15-26,48H2,1H3,(H2,49,54)(H,51,58)(H,53,59)(H,55,60,61). The van der Waals surface area contributed by atoms with Crippen LogP contribution < -0.4 is 37.6 Å². The molecule has 0 radical (unpaired) electrons. The van der Waals surface area contributed by atoms with Gasteiger partial charge >= 0.3 is 0 Å². The number of aromatic nitrogens is 2. The lowest BCUT2D eigenvalue weighted by atomic mass is 9.73. The van der Waals surface area contributed by atoms with Crippen molar-refractivity contribution in [3.05, 3.63) is 58.7 Å². The molecule has 2 saturated heterocycles. The highest BCUT2D eigenvalue weighted by Crippen LogP contribution is 2.48. The zero-order valence-corrected chi connectivity index (χ0v) is 38.0. The first-order chi connectivity index (χ1) is 30.8. The summed E-state index contributed by atoms with van der Waals surface area (Å²) >= 11 is 8.00. The summed E-state index contributed by atoms with van der Waals surface area (Å²) in [7, 11) is 0. The number of unbranched alkanes of at least 4 members (excludes halogenated alkanes) is 6. The van der Waals surface area contributed by atoms with E-state index in [-0.39, 0.29) is 60.1 Å². The second-order valence-electron chi connectivity index (χ2n) is 17.5. The predicted molar refractivity (Wildman–Crippen MR) is 247 cm³/mol. The molecule has 4 heterocycles. The zero-order chi connectivity index (χ0) is 45.4. The minimum Gasteiger partial charge on any atom is -0.384 e. The van der Waals surface area contributed by atoms with E-state index in [1.54, 1.807) is 36.5 Å². The molecule has 342 valence electrons. The SMILES string of the molecule is CC1CCC2(CCN(c3cnc(Sc4cccc(NC(=O)CCC(=O)NCCCCCCCCCNc5cccc6c5C(=O)N(C5CCC(=O)NC5=O)C6=O)c4Cl)c(N)n3)CC2)C1N. The second-order valence-corrected chi connectivity index (χ2v) is 18.9. The number of piperidine rings is 2. The second kappa shape index (κ2) is 21.2. The number of carbonyl (C=O) groups is 6. The maximum Gasteiger partial charge on any atom is 0.264 e. The highest BCUT2D eigenvalue weighted by atomic mass is 35.5. The number of rotatable bonds is 19. The molecule has 7 rings (SSSR count). The van der Waals surface area contributed by atoms with Gasteiger partial charge in [-0.25, -0.2) is 9.97 Å². The van der Waals surface area contributed by atoms with Gasteiger partial charge in [0.15, 0.2) is 5.82 Å². The third-order valence-corrected chi connectivity index (χ3v) is 14.8. The lowest BCUT2D eigenvalue weighted by molar-refractivity contribution is -0.136. The highest BCUT2D eigenvalue weighted by Gasteiger charge is 2.47. The molecule has 3 unspecified atom stereocenters. The molecule has 0 bridgehead atoms. The number of anilines is 4. The summed E-state index contributed by atoms with van der Waals surface area (Å²) in [5, 5.41) is 12.1. The Kier molecular flexibility index (Phi) is 15.4. The minimum absolute atomic E-state index is 0.0127. The van der Waals surface area contributed by atoms with Crippen molar-refractivity contribution in [3.8, 4) is 0 Å². The fraction of sp³-hybridized carbons (Fsp3) is 0.522. The van der Waals surface area contributed by atoms with Crippen LogP contribution in [-0.4, -0.2) is 88.6 Å². The molecule has 3 aliphatic heterocycles. The predicted octanol–water partition coefficient (Wildman–Crippen LogP) is 6.29. The van der Waals surface area contributed by atoms with Crippen molar-refractivity contribution in [1.29, 1.82) is 0 Å². The van der Waals surface area contributed by atoms with Gasteiger partial charge in [0.1, 0.15) is 16.9 Å². The number of fused-ring (bicyclic) bond motifs is 1. The van der Waals surface area contributed by atoms with Crippen LogP contribution in [0.5, 0.6) is 0 Å². The third kappa shape index (κ3) is 10.8. The van der Waals surface area contributed by atoms with E-state index in [0.29, 0.717) is 51.1 Å². The van der Waals surface area contributed by atoms with Crippen LogP contribution in [0, 0.1) is 11.3 Å². The van der Waals surface area contributed by atoms with Crippen molar-refractivity contribution >= 4 is 81.8 Å². The van der Waals surface area contributed by atoms with Gasteiger partial charge in [-0.2, -0.15) is 0 Å². The first kappa shape index (κ1) is 46.7. The molecule has 3 fully saturated rings. The fourth-order valence-corrected chi connectivity index (χ4v) is 10.5. The molecule has 64 heavy (non-hydrogen) atoms. The number of nitrogens with two attached hydrogens (primary N) is 2. The molecule has 3 aromatic rings. The molecule has 8 N–H and O–H groups in total. The van der Waals surface area contributed by atoms with Crippen LogP contribution in [0.2, 0.25) is 5.02 Å². The van der Waals surface area contributed by atoms with Gasteiger partial charge in [0.2, 0.25) is 23.6 Å². The molecule has 1 saturated carbocycles. The Balaban J connectivity index is 0.738. The Morgan fingerprint density at radius 2 is 1.58 bits per heavy atom. The van der Waals surface area contributed by atoms with Gasteiger partial charge in [0.05, 0.1) is 28.0 Å². The smallest absolute Gasteiger partial charge is 0.264 e. The highest BCUT2D eigenvalue weighted by molar-refractivity contribution is 7.99. The monoisotopic (exact) mass is 914 g/mol. The van der Waals surface area contributed by atoms with Crippen LogP contribution in [0.1, 0.15) is 124 Å². The van der Waals surface area contributed by atoms with Crippen molar-refractivity contribution < 1.29 is 28.8 Å². The van der Waals surface area contributed by atoms with Crippen molar-refractivity contribution in [2.24, 2.45) is 17.1 Å². The summed E-state index contributed by atoms with van der Waals surface area (Å²) in [6.45, 7) is 5.16. The number of imide groups is 2. The van der Waals surface area contributed by atoms with Gasteiger partial charge in [0.25, 0.3) is 11.8 Å². The van der Waals surface area contributed by atoms with Gasteiger partial charge in [-0.15, -0.1) is 0 Å². The lowest BCUT2D eigenvalue weighted by Gasteiger charge is -2.43. The van der Waals surface area contributed by atoms with Crippen LogP contribution in [0.25, 0.3) is 0 Å². The molecule has 1 spiro atoms. The Morgan fingerprint density at radius 1 is 0.891 bits per heavy atom. The molecular formula is C46H59ClN10O6S.